The number of hydrogen-bond donors (Lipinski definition) is 1. The van der Waals surface area contributed by atoms with Crippen LogP contribution in [0.3, 0.4) is 0 Å². The number of benzene rings is 2. The predicted octanol–water partition coefficient (Wildman–Crippen LogP) is 3.22. The summed E-state index contributed by atoms with van der Waals surface area (Å²) in [4.78, 5) is 14.1. The second-order valence-electron chi connectivity index (χ2n) is 5.03. The van der Waals surface area contributed by atoms with Crippen LogP contribution in [-0.2, 0) is 11.3 Å². The number of amides is 1. The van der Waals surface area contributed by atoms with Crippen molar-refractivity contribution in [2.75, 3.05) is 18.0 Å². The second-order valence-corrected chi connectivity index (χ2v) is 5.03. The van der Waals surface area contributed by atoms with Crippen LogP contribution in [-0.4, -0.2) is 19.0 Å². The van der Waals surface area contributed by atoms with Crippen LogP contribution in [0, 0.1) is 0 Å². The van der Waals surface area contributed by atoms with Gasteiger partial charge in [0.2, 0.25) is 5.91 Å². The molecule has 0 aliphatic heterocycles. The zero-order chi connectivity index (χ0) is 14.9. The summed E-state index contributed by atoms with van der Waals surface area (Å²) in [6, 6.07) is 20.3. The van der Waals surface area contributed by atoms with Crippen LogP contribution in [0.1, 0.15) is 18.9 Å². The molecule has 21 heavy (non-hydrogen) atoms. The first kappa shape index (κ1) is 15.1. The van der Waals surface area contributed by atoms with Crippen molar-refractivity contribution in [3.8, 4) is 0 Å². The van der Waals surface area contributed by atoms with Gasteiger partial charge in [-0.15, -0.1) is 0 Å². The number of nitrogens with zero attached hydrogens (tertiary/aromatic N) is 1. The van der Waals surface area contributed by atoms with Gasteiger partial charge in [0.05, 0.1) is 6.54 Å². The molecule has 0 saturated carbocycles. The predicted molar refractivity (Wildman–Crippen MR) is 87.2 cm³/mol. The normalized spacial score (nSPS) is 10.1. The Hall–Kier alpha value is -2.29. The number of hydrogen-bond acceptors (Lipinski definition) is 2. The zero-order valence-electron chi connectivity index (χ0n) is 12.5. The molecule has 0 bridgehead atoms. The van der Waals surface area contributed by atoms with Crippen molar-refractivity contribution >= 4 is 11.6 Å². The summed E-state index contributed by atoms with van der Waals surface area (Å²) in [6.45, 7) is 3.88. The van der Waals surface area contributed by atoms with E-state index >= 15 is 0 Å². The fourth-order valence-electron chi connectivity index (χ4n) is 2.17. The minimum atomic E-state index is 0.0663. The van der Waals surface area contributed by atoms with Gasteiger partial charge in [-0.05, 0) is 24.1 Å². The molecule has 2 aromatic carbocycles. The molecule has 0 aromatic heterocycles. The van der Waals surface area contributed by atoms with E-state index in [0.29, 0.717) is 6.54 Å². The van der Waals surface area contributed by atoms with E-state index in [4.69, 9.17) is 0 Å². The molecule has 0 unspecified atom stereocenters. The number of nitrogens with one attached hydrogen (secondary N) is 1. The minimum absolute atomic E-state index is 0.0663. The molecule has 0 saturated heterocycles. The second kappa shape index (κ2) is 8.10. The number of para-hydroxylation sites is 1. The lowest BCUT2D eigenvalue weighted by molar-refractivity contribution is -0.119. The third-order valence-electron chi connectivity index (χ3n) is 3.24. The molecule has 0 heterocycles. The molecule has 0 fully saturated rings. The molecule has 2 aromatic rings. The van der Waals surface area contributed by atoms with Crippen LogP contribution < -0.4 is 10.2 Å². The first-order valence-corrected chi connectivity index (χ1v) is 7.40. The third kappa shape index (κ3) is 4.95. The summed E-state index contributed by atoms with van der Waals surface area (Å²) in [5, 5.41) is 2.94. The number of rotatable bonds is 7. The smallest absolute Gasteiger partial charge is 0.239 e. The summed E-state index contributed by atoms with van der Waals surface area (Å²) in [5.74, 6) is 0.0663. The van der Waals surface area contributed by atoms with Gasteiger partial charge in [0, 0.05) is 18.8 Å². The number of anilines is 1. The Kier molecular flexibility index (Phi) is 5.83. The van der Waals surface area contributed by atoms with Gasteiger partial charge in [-0.1, -0.05) is 55.5 Å². The van der Waals surface area contributed by atoms with Crippen molar-refractivity contribution in [1.82, 2.24) is 5.32 Å². The lowest BCUT2D eigenvalue weighted by atomic mass is 10.2. The molecule has 1 N–H and O–H groups in total. The van der Waals surface area contributed by atoms with Crippen LogP contribution in [0.15, 0.2) is 60.7 Å². The average Bonchev–Trinajstić information content (AvgIpc) is 2.54. The van der Waals surface area contributed by atoms with Crippen molar-refractivity contribution < 1.29 is 4.79 Å². The molecule has 3 heteroatoms. The van der Waals surface area contributed by atoms with E-state index in [1.807, 2.05) is 48.5 Å². The maximum absolute atomic E-state index is 12.0. The monoisotopic (exact) mass is 282 g/mol. The van der Waals surface area contributed by atoms with Crippen molar-refractivity contribution in [1.29, 1.82) is 0 Å². The van der Waals surface area contributed by atoms with Gasteiger partial charge in [-0.3, -0.25) is 4.79 Å². The van der Waals surface area contributed by atoms with Crippen molar-refractivity contribution in [3.63, 3.8) is 0 Å². The van der Waals surface area contributed by atoms with E-state index in [9.17, 15) is 4.79 Å². The number of carbonyl (C=O) groups is 1. The van der Waals surface area contributed by atoms with Gasteiger partial charge < -0.3 is 10.2 Å². The molecular weight excluding hydrogens is 260 g/mol. The summed E-state index contributed by atoms with van der Waals surface area (Å²) in [5.41, 5.74) is 2.26. The van der Waals surface area contributed by atoms with Crippen LogP contribution in [0.5, 0.6) is 0 Å². The fraction of sp³-hybridized carbons (Fsp3) is 0.278. The maximum atomic E-state index is 12.0. The zero-order valence-corrected chi connectivity index (χ0v) is 12.5. The van der Waals surface area contributed by atoms with Crippen molar-refractivity contribution in [3.05, 3.63) is 66.2 Å². The van der Waals surface area contributed by atoms with Crippen molar-refractivity contribution in [2.45, 2.75) is 19.9 Å². The highest BCUT2D eigenvalue weighted by atomic mass is 16.2. The Morgan fingerprint density at radius 3 is 2.24 bits per heavy atom. The molecule has 0 aliphatic carbocycles. The molecule has 0 aliphatic rings. The lowest BCUT2D eigenvalue weighted by Gasteiger charge is -2.24. The van der Waals surface area contributed by atoms with Gasteiger partial charge in [-0.25, -0.2) is 0 Å². The SMILES string of the molecule is CCCNC(=O)CN(Cc1ccccc1)c1ccccc1. The summed E-state index contributed by atoms with van der Waals surface area (Å²) in [7, 11) is 0. The number of carbonyl (C=O) groups excluding carboxylic acids is 1. The van der Waals surface area contributed by atoms with E-state index in [1.54, 1.807) is 0 Å². The first-order chi connectivity index (χ1) is 10.3. The third-order valence-corrected chi connectivity index (χ3v) is 3.24. The van der Waals surface area contributed by atoms with E-state index in [1.165, 1.54) is 5.56 Å². The first-order valence-electron chi connectivity index (χ1n) is 7.40. The maximum Gasteiger partial charge on any atom is 0.239 e. The van der Waals surface area contributed by atoms with Gasteiger partial charge in [0.1, 0.15) is 0 Å². The Morgan fingerprint density at radius 1 is 1.00 bits per heavy atom. The quantitative estimate of drug-likeness (QED) is 0.845. The standard InChI is InChI=1S/C18H22N2O/c1-2-13-19-18(21)15-20(17-11-7-4-8-12-17)14-16-9-5-3-6-10-16/h3-12H,2,13-15H2,1H3,(H,19,21). The molecule has 2 rings (SSSR count). The fourth-order valence-corrected chi connectivity index (χ4v) is 2.17. The molecule has 0 atom stereocenters. The Balaban J connectivity index is 2.09. The van der Waals surface area contributed by atoms with Gasteiger partial charge in [-0.2, -0.15) is 0 Å². The highest BCUT2D eigenvalue weighted by molar-refractivity contribution is 5.81. The Labute approximate surface area is 126 Å². The molecule has 0 radical (unpaired) electrons. The van der Waals surface area contributed by atoms with E-state index in [2.05, 4.69) is 29.3 Å². The molecule has 0 spiro atoms. The summed E-state index contributed by atoms with van der Waals surface area (Å²) in [6.07, 6.45) is 0.954. The molecule has 3 nitrogen and oxygen atoms in total. The summed E-state index contributed by atoms with van der Waals surface area (Å²) >= 11 is 0. The lowest BCUT2D eigenvalue weighted by Crippen LogP contribution is -2.37. The Bertz CT molecular complexity index is 540. The van der Waals surface area contributed by atoms with E-state index in [-0.39, 0.29) is 5.91 Å². The topological polar surface area (TPSA) is 32.3 Å². The van der Waals surface area contributed by atoms with Gasteiger partial charge >= 0.3 is 0 Å². The minimum Gasteiger partial charge on any atom is -0.358 e. The van der Waals surface area contributed by atoms with E-state index < -0.39 is 0 Å². The molecule has 110 valence electrons. The van der Waals surface area contributed by atoms with Crippen LogP contribution >= 0.6 is 0 Å². The van der Waals surface area contributed by atoms with Crippen LogP contribution in [0.25, 0.3) is 0 Å². The highest BCUT2D eigenvalue weighted by Crippen LogP contribution is 2.16. The Morgan fingerprint density at radius 2 is 1.62 bits per heavy atom. The van der Waals surface area contributed by atoms with Crippen LogP contribution in [0.4, 0.5) is 5.69 Å². The molecule has 1 amide bonds. The van der Waals surface area contributed by atoms with Gasteiger partial charge in [0.15, 0.2) is 0 Å². The molecular formula is C18H22N2O. The van der Waals surface area contributed by atoms with Crippen molar-refractivity contribution in [2.24, 2.45) is 0 Å². The largest absolute Gasteiger partial charge is 0.358 e. The van der Waals surface area contributed by atoms with Crippen LogP contribution in [0.2, 0.25) is 0 Å². The highest BCUT2D eigenvalue weighted by Gasteiger charge is 2.11. The average molecular weight is 282 g/mol. The van der Waals surface area contributed by atoms with Gasteiger partial charge in [0.25, 0.3) is 0 Å². The summed E-state index contributed by atoms with van der Waals surface area (Å²) < 4.78 is 0. The van der Waals surface area contributed by atoms with E-state index in [0.717, 1.165) is 25.2 Å².